The van der Waals surface area contributed by atoms with Gasteiger partial charge in [-0.1, -0.05) is 194 Å². The average Bonchev–Trinajstić information content (AvgIpc) is 2.93. The first-order valence-electron chi connectivity index (χ1n) is 17.9. The summed E-state index contributed by atoms with van der Waals surface area (Å²) in [5, 5.41) is 20.4. The summed E-state index contributed by atoms with van der Waals surface area (Å²) in [4.78, 5) is 20.4. The van der Waals surface area contributed by atoms with Gasteiger partial charge in [0.2, 0.25) is 0 Å². The van der Waals surface area contributed by atoms with Crippen LogP contribution in [-0.4, -0.2) is 46.7 Å². The monoisotopic (exact) mass is 620 g/mol. The second-order valence-corrected chi connectivity index (χ2v) is 12.1. The van der Waals surface area contributed by atoms with Gasteiger partial charge in [0.05, 0.1) is 0 Å². The van der Waals surface area contributed by atoms with Crippen molar-refractivity contribution in [1.29, 1.82) is 0 Å². The van der Waals surface area contributed by atoms with Crippen molar-refractivity contribution in [2.24, 2.45) is 0 Å². The SMILES string of the molecule is CCCCCCCCCCCCCCCCCC(=O)[O-].CCCCCCCCCCCCCCCCCC(=O)[O-].[Al+3].[Al+3]. The predicted molar refractivity (Wildman–Crippen MR) is 181 cm³/mol. The Morgan fingerprint density at radius 1 is 0.310 bits per heavy atom. The topological polar surface area (TPSA) is 80.3 Å². The summed E-state index contributed by atoms with van der Waals surface area (Å²) in [7, 11) is 0. The standard InChI is InChI=1S/2C18H36O2.2Al/c2*1-2-3-4-5-6-7-8-9-10-11-12-13-14-15-16-17-18(19)20;;/h2*2-17H2,1H3,(H,19,20);;/q;;2*+3/p-2. The smallest absolute Gasteiger partial charge is 0.550 e. The molecule has 0 N–H and O–H groups in total. The van der Waals surface area contributed by atoms with Crippen LogP contribution in [0.25, 0.3) is 0 Å². The fourth-order valence-electron chi connectivity index (χ4n) is 5.28. The Kier molecular flexibility index (Phi) is 52.9. The van der Waals surface area contributed by atoms with E-state index in [1.807, 2.05) is 0 Å². The number of hydrogen-bond acceptors (Lipinski definition) is 4. The molecule has 0 amide bonds. The van der Waals surface area contributed by atoms with Gasteiger partial charge in [-0.15, -0.1) is 0 Å². The summed E-state index contributed by atoms with van der Waals surface area (Å²) >= 11 is 0. The molecule has 6 heteroatoms. The van der Waals surface area contributed by atoms with E-state index in [1.165, 1.54) is 167 Å². The van der Waals surface area contributed by atoms with Crippen LogP contribution < -0.4 is 10.2 Å². The van der Waals surface area contributed by atoms with Gasteiger partial charge in [-0.05, 0) is 25.7 Å². The summed E-state index contributed by atoms with van der Waals surface area (Å²) in [6.07, 6.45) is 39.7. The zero-order valence-electron chi connectivity index (χ0n) is 28.4. The van der Waals surface area contributed by atoms with Gasteiger partial charge in [0, 0.05) is 11.9 Å². The molecule has 0 aliphatic heterocycles. The molecule has 0 aromatic heterocycles. The molecule has 0 aliphatic carbocycles. The Morgan fingerprint density at radius 2 is 0.452 bits per heavy atom. The molecule has 4 nitrogen and oxygen atoms in total. The van der Waals surface area contributed by atoms with Gasteiger partial charge in [0.25, 0.3) is 0 Å². The van der Waals surface area contributed by atoms with E-state index < -0.39 is 11.9 Å². The number of carboxylic acids is 2. The van der Waals surface area contributed by atoms with Crippen molar-refractivity contribution in [3.05, 3.63) is 0 Å². The molecular formula is C36H70Al2O4+4. The van der Waals surface area contributed by atoms with Crippen molar-refractivity contribution in [2.75, 3.05) is 0 Å². The number of hydrogen-bond donors (Lipinski definition) is 0. The normalized spacial score (nSPS) is 10.3. The number of carboxylic acid groups (broad SMARTS) is 2. The molecule has 0 spiro atoms. The maximum Gasteiger partial charge on any atom is 3.00 e. The first-order valence-corrected chi connectivity index (χ1v) is 17.9. The Bertz CT molecular complexity index is 459. The molecule has 0 rings (SSSR count). The van der Waals surface area contributed by atoms with Crippen LogP contribution in [0.3, 0.4) is 0 Å². The molecule has 0 fully saturated rings. The summed E-state index contributed by atoms with van der Waals surface area (Å²) in [6.45, 7) is 4.53. The molecule has 0 heterocycles. The van der Waals surface area contributed by atoms with Gasteiger partial charge in [0.15, 0.2) is 0 Å². The molecule has 42 heavy (non-hydrogen) atoms. The minimum Gasteiger partial charge on any atom is -0.550 e. The van der Waals surface area contributed by atoms with Crippen molar-refractivity contribution in [3.8, 4) is 0 Å². The molecule has 0 aromatic rings. The number of rotatable bonds is 32. The maximum absolute atomic E-state index is 10.2. The molecule has 0 aliphatic rings. The van der Waals surface area contributed by atoms with E-state index in [-0.39, 0.29) is 47.6 Å². The third kappa shape index (κ3) is 52.6. The second-order valence-electron chi connectivity index (χ2n) is 12.1. The summed E-state index contributed by atoms with van der Waals surface area (Å²) in [5.74, 6) is -1.81. The molecule has 0 bridgehead atoms. The van der Waals surface area contributed by atoms with Gasteiger partial charge in [-0.25, -0.2) is 0 Å². The van der Waals surface area contributed by atoms with Crippen molar-refractivity contribution >= 4 is 46.7 Å². The van der Waals surface area contributed by atoms with Gasteiger partial charge in [-0.2, -0.15) is 0 Å². The molecule has 0 aromatic carbocycles. The Morgan fingerprint density at radius 3 is 0.595 bits per heavy atom. The summed E-state index contributed by atoms with van der Waals surface area (Å²) in [5.41, 5.74) is 0. The molecule has 0 saturated heterocycles. The summed E-state index contributed by atoms with van der Waals surface area (Å²) < 4.78 is 0. The summed E-state index contributed by atoms with van der Waals surface area (Å²) in [6, 6.07) is 0. The van der Waals surface area contributed by atoms with Crippen molar-refractivity contribution < 1.29 is 19.8 Å². The van der Waals surface area contributed by atoms with Crippen molar-refractivity contribution in [3.63, 3.8) is 0 Å². The van der Waals surface area contributed by atoms with E-state index in [0.717, 1.165) is 25.7 Å². The molecule has 0 saturated carbocycles. The fourth-order valence-corrected chi connectivity index (χ4v) is 5.28. The van der Waals surface area contributed by atoms with Crippen LogP contribution in [0.4, 0.5) is 0 Å². The number of unbranched alkanes of at least 4 members (excludes halogenated alkanes) is 28. The molecular weight excluding hydrogens is 550 g/mol. The van der Waals surface area contributed by atoms with Gasteiger partial charge >= 0.3 is 34.7 Å². The number of carbonyl (C=O) groups excluding carboxylic acids is 2. The first kappa shape index (κ1) is 48.9. The van der Waals surface area contributed by atoms with E-state index in [9.17, 15) is 19.8 Å². The van der Waals surface area contributed by atoms with Crippen LogP contribution in [0, 0.1) is 0 Å². The average molecular weight is 621 g/mol. The van der Waals surface area contributed by atoms with E-state index in [4.69, 9.17) is 0 Å². The van der Waals surface area contributed by atoms with Crippen LogP contribution >= 0.6 is 0 Å². The minimum atomic E-state index is -0.903. The van der Waals surface area contributed by atoms with Gasteiger partial charge in [-0.3, -0.25) is 0 Å². The molecule has 0 radical (unpaired) electrons. The van der Waals surface area contributed by atoms with E-state index in [2.05, 4.69) is 13.8 Å². The zero-order valence-corrected chi connectivity index (χ0v) is 30.7. The number of carbonyl (C=O) groups is 2. The third-order valence-electron chi connectivity index (χ3n) is 7.97. The number of aliphatic carboxylic acids is 2. The van der Waals surface area contributed by atoms with E-state index >= 15 is 0 Å². The largest absolute Gasteiger partial charge is 3.00 e. The fraction of sp³-hybridized carbons (Fsp3) is 0.944. The molecule has 0 unspecified atom stereocenters. The van der Waals surface area contributed by atoms with E-state index in [0.29, 0.717) is 0 Å². The van der Waals surface area contributed by atoms with Gasteiger partial charge < -0.3 is 19.8 Å². The third-order valence-corrected chi connectivity index (χ3v) is 7.97. The van der Waals surface area contributed by atoms with Crippen LogP contribution in [-0.2, 0) is 9.59 Å². The minimum absolute atomic E-state index is 0. The molecule has 240 valence electrons. The quantitative estimate of drug-likeness (QED) is 0.0555. The Hall–Kier alpha value is 0.00494. The van der Waals surface area contributed by atoms with E-state index in [1.54, 1.807) is 0 Å². The van der Waals surface area contributed by atoms with Crippen molar-refractivity contribution in [2.45, 2.75) is 219 Å². The van der Waals surface area contributed by atoms with Crippen LogP contribution in [0.2, 0.25) is 0 Å². The Labute approximate surface area is 284 Å². The maximum atomic E-state index is 10.2. The van der Waals surface area contributed by atoms with Crippen LogP contribution in [0.5, 0.6) is 0 Å². The van der Waals surface area contributed by atoms with Crippen LogP contribution in [0.15, 0.2) is 0 Å². The van der Waals surface area contributed by atoms with Gasteiger partial charge in [0.1, 0.15) is 0 Å². The second kappa shape index (κ2) is 45.4. The predicted octanol–water partition coefficient (Wildman–Crippen LogP) is 9.23. The molecule has 0 atom stereocenters. The zero-order chi connectivity index (χ0) is 29.8. The Balaban J connectivity index is -0.000000328. The first-order chi connectivity index (χ1) is 19.5. The van der Waals surface area contributed by atoms with Crippen molar-refractivity contribution in [1.82, 2.24) is 0 Å². The van der Waals surface area contributed by atoms with Crippen LogP contribution in [0.1, 0.15) is 219 Å².